The van der Waals surface area contributed by atoms with Crippen LogP contribution in [0.2, 0.25) is 0 Å². The fraction of sp³-hybridized carbons (Fsp3) is 0.694. The number of hydrogen-bond donors (Lipinski definition) is 0. The lowest BCUT2D eigenvalue weighted by Crippen LogP contribution is -2.37. The molecular weight excluding hydrogens is 1040 g/mol. The molecule has 0 spiro atoms. The molecule has 470 valence electrons. The topological polar surface area (TPSA) is 111 Å². The molecule has 0 aromatic carbocycles. The van der Waals surface area contributed by atoms with Gasteiger partial charge in [0, 0.05) is 12.8 Å². The molecule has 0 aromatic heterocycles. The standard InChI is InChI=1S/C72H124NO8P/c1-6-8-10-12-14-16-18-20-22-24-26-28-30-32-34-35-36-37-39-41-43-45-47-49-51-53-55-57-59-61-63-65-72(75)81-70(69-80-82(76,77)79-67-66-73(3,4)5)68-78-71(74)64-62-60-58-56-54-52-50-48-46-44-42-40-38-33-31-29-27-25-23-21-19-17-15-13-11-9-7-2/h8-11,14-17,20-23,26-29,32,34,36-37,70H,6-7,12-13,18-19,24-25,30-31,33,35,38-69H2,1-5H3/b10-8-,11-9-,16-14-,17-15-,22-20-,23-21-,28-26-,29-27-,34-32-,37-36-. The Kier molecular flexibility index (Phi) is 59.2. The molecule has 9 nitrogen and oxygen atoms in total. The average Bonchev–Trinajstić information content (AvgIpc) is 3.46. The van der Waals surface area contributed by atoms with Gasteiger partial charge in [-0.3, -0.25) is 14.2 Å². The number of carbonyl (C=O) groups is 2. The number of hydrogen-bond acceptors (Lipinski definition) is 8. The molecule has 0 saturated heterocycles. The number of phosphoric ester groups is 1. The quantitative estimate of drug-likeness (QED) is 0.0195. The molecule has 2 atom stereocenters. The van der Waals surface area contributed by atoms with Gasteiger partial charge in [0.05, 0.1) is 27.7 Å². The summed E-state index contributed by atoms with van der Waals surface area (Å²) in [6.45, 7) is 4.02. The third-order valence-electron chi connectivity index (χ3n) is 14.0. The van der Waals surface area contributed by atoms with E-state index in [1.807, 2.05) is 21.1 Å². The Bertz CT molecular complexity index is 1800. The highest BCUT2D eigenvalue weighted by atomic mass is 31.2. The fourth-order valence-corrected chi connectivity index (χ4v) is 9.68. The number of carbonyl (C=O) groups excluding carboxylic acids is 2. The van der Waals surface area contributed by atoms with Crippen LogP contribution >= 0.6 is 7.82 Å². The first-order chi connectivity index (χ1) is 40.0. The second-order valence-electron chi connectivity index (χ2n) is 23.1. The Hall–Kier alpha value is -3.59. The zero-order valence-electron chi connectivity index (χ0n) is 53.4. The van der Waals surface area contributed by atoms with E-state index in [1.54, 1.807) is 0 Å². The van der Waals surface area contributed by atoms with E-state index >= 15 is 0 Å². The second kappa shape index (κ2) is 62.0. The largest absolute Gasteiger partial charge is 0.756 e. The van der Waals surface area contributed by atoms with Gasteiger partial charge in [-0.25, -0.2) is 0 Å². The Balaban J connectivity index is 4.10. The van der Waals surface area contributed by atoms with Crippen molar-refractivity contribution in [3.05, 3.63) is 122 Å². The molecular formula is C72H124NO8P. The van der Waals surface area contributed by atoms with Gasteiger partial charge in [0.1, 0.15) is 19.8 Å². The summed E-state index contributed by atoms with van der Waals surface area (Å²) in [4.78, 5) is 38.0. The number of ether oxygens (including phenoxy) is 2. The lowest BCUT2D eigenvalue weighted by molar-refractivity contribution is -0.870. The highest BCUT2D eigenvalue weighted by molar-refractivity contribution is 7.45. The summed E-state index contributed by atoms with van der Waals surface area (Å²) in [5.74, 6) is -0.836. The summed E-state index contributed by atoms with van der Waals surface area (Å²) < 4.78 is 34.3. The van der Waals surface area contributed by atoms with Crippen molar-refractivity contribution in [1.29, 1.82) is 0 Å². The van der Waals surface area contributed by atoms with Gasteiger partial charge in [-0.15, -0.1) is 0 Å². The number of rotatable bonds is 60. The number of likely N-dealkylation sites (N-methyl/N-ethyl adjacent to an activating group) is 1. The van der Waals surface area contributed by atoms with E-state index in [0.717, 1.165) is 103 Å². The minimum absolute atomic E-state index is 0.0359. The average molecular weight is 1160 g/mol. The molecule has 0 radical (unpaired) electrons. The van der Waals surface area contributed by atoms with Crippen molar-refractivity contribution < 1.29 is 42.1 Å². The zero-order valence-corrected chi connectivity index (χ0v) is 54.3. The number of allylic oxidation sites excluding steroid dienone is 20. The lowest BCUT2D eigenvalue weighted by Gasteiger charge is -2.28. The van der Waals surface area contributed by atoms with Crippen LogP contribution < -0.4 is 4.89 Å². The summed E-state index contributed by atoms with van der Waals surface area (Å²) in [5, 5.41) is 0. The van der Waals surface area contributed by atoms with Crippen molar-refractivity contribution in [3.63, 3.8) is 0 Å². The fourth-order valence-electron chi connectivity index (χ4n) is 8.95. The van der Waals surface area contributed by atoms with Crippen LogP contribution in [0.3, 0.4) is 0 Å². The molecule has 0 N–H and O–H groups in total. The SMILES string of the molecule is CC/C=C\C/C=C\C/C=C\C/C=C\C/C=C\C/C=C\CCCCCCCCCCCCCCC(=O)OC(COC(=O)CCCCCCCCCCCCCCCC/C=C\C/C=C\C/C=C\C/C=C\CC)COP(=O)([O-])OCC[N+](C)(C)C. The second-order valence-corrected chi connectivity index (χ2v) is 24.5. The van der Waals surface area contributed by atoms with Gasteiger partial charge in [-0.1, -0.05) is 277 Å². The maximum atomic E-state index is 12.9. The molecule has 2 unspecified atom stereocenters. The Morgan fingerprint density at radius 2 is 0.659 bits per heavy atom. The van der Waals surface area contributed by atoms with E-state index in [1.165, 1.54) is 135 Å². The van der Waals surface area contributed by atoms with Crippen LogP contribution in [-0.2, 0) is 32.7 Å². The predicted octanol–water partition coefficient (Wildman–Crippen LogP) is 20.9. The Morgan fingerprint density at radius 1 is 0.378 bits per heavy atom. The molecule has 0 fully saturated rings. The van der Waals surface area contributed by atoms with Crippen molar-refractivity contribution in [3.8, 4) is 0 Å². The van der Waals surface area contributed by atoms with Gasteiger partial charge in [0.25, 0.3) is 7.82 Å². The first kappa shape index (κ1) is 78.4. The summed E-state index contributed by atoms with van der Waals surface area (Å²) in [5.41, 5.74) is 0. The molecule has 0 heterocycles. The highest BCUT2D eigenvalue weighted by Crippen LogP contribution is 2.38. The van der Waals surface area contributed by atoms with Crippen LogP contribution in [0.15, 0.2) is 122 Å². The Morgan fingerprint density at radius 3 is 0.976 bits per heavy atom. The van der Waals surface area contributed by atoms with Gasteiger partial charge < -0.3 is 27.9 Å². The van der Waals surface area contributed by atoms with Crippen LogP contribution in [-0.4, -0.2) is 70.0 Å². The summed E-state index contributed by atoms with van der Waals surface area (Å²) >= 11 is 0. The van der Waals surface area contributed by atoms with Crippen molar-refractivity contribution in [2.24, 2.45) is 0 Å². The number of esters is 2. The van der Waals surface area contributed by atoms with Gasteiger partial charge in [-0.2, -0.15) is 0 Å². The molecule has 0 aliphatic rings. The molecule has 0 bridgehead atoms. The molecule has 0 aliphatic heterocycles. The van der Waals surface area contributed by atoms with Crippen molar-refractivity contribution >= 4 is 19.8 Å². The predicted molar refractivity (Wildman–Crippen MR) is 351 cm³/mol. The number of unbranched alkanes of at least 4 members (excludes halogenated alkanes) is 26. The smallest absolute Gasteiger partial charge is 0.306 e. The van der Waals surface area contributed by atoms with Gasteiger partial charge >= 0.3 is 11.9 Å². The van der Waals surface area contributed by atoms with Crippen LogP contribution in [0, 0.1) is 0 Å². The molecule has 0 rings (SSSR count). The number of nitrogens with zero attached hydrogens (tertiary/aromatic N) is 1. The first-order valence-corrected chi connectivity index (χ1v) is 34.7. The third kappa shape index (κ3) is 65.6. The normalized spacial score (nSPS) is 14.0. The number of phosphoric acid groups is 1. The molecule has 82 heavy (non-hydrogen) atoms. The van der Waals surface area contributed by atoms with Crippen LogP contribution in [0.1, 0.15) is 271 Å². The molecule has 0 saturated carbocycles. The van der Waals surface area contributed by atoms with Gasteiger partial charge in [0.2, 0.25) is 0 Å². The van der Waals surface area contributed by atoms with Gasteiger partial charge in [-0.05, 0) is 103 Å². The molecule has 0 aliphatic carbocycles. The summed E-state index contributed by atoms with van der Waals surface area (Å²) in [6.07, 6.45) is 88.3. The van der Waals surface area contributed by atoms with Crippen molar-refractivity contribution in [2.75, 3.05) is 47.5 Å². The van der Waals surface area contributed by atoms with E-state index in [2.05, 4.69) is 135 Å². The van der Waals surface area contributed by atoms with E-state index in [-0.39, 0.29) is 32.0 Å². The van der Waals surface area contributed by atoms with Gasteiger partial charge in [0.15, 0.2) is 6.10 Å². The zero-order chi connectivity index (χ0) is 59.8. The minimum atomic E-state index is -4.65. The maximum Gasteiger partial charge on any atom is 0.306 e. The Labute approximate surface area is 505 Å². The van der Waals surface area contributed by atoms with Crippen LogP contribution in [0.4, 0.5) is 0 Å². The van der Waals surface area contributed by atoms with Crippen LogP contribution in [0.5, 0.6) is 0 Å². The van der Waals surface area contributed by atoms with Crippen molar-refractivity contribution in [2.45, 2.75) is 277 Å². The maximum absolute atomic E-state index is 12.9. The molecule has 0 amide bonds. The third-order valence-corrected chi connectivity index (χ3v) is 14.9. The van der Waals surface area contributed by atoms with E-state index in [0.29, 0.717) is 17.4 Å². The number of quaternary nitrogens is 1. The van der Waals surface area contributed by atoms with Crippen LogP contribution in [0.25, 0.3) is 0 Å². The summed E-state index contributed by atoms with van der Waals surface area (Å²) in [6, 6.07) is 0. The molecule has 10 heteroatoms. The first-order valence-electron chi connectivity index (χ1n) is 33.2. The molecule has 0 aromatic rings. The minimum Gasteiger partial charge on any atom is -0.756 e. The summed E-state index contributed by atoms with van der Waals surface area (Å²) in [7, 11) is 1.16. The van der Waals surface area contributed by atoms with E-state index in [4.69, 9.17) is 18.5 Å². The van der Waals surface area contributed by atoms with Crippen molar-refractivity contribution in [1.82, 2.24) is 0 Å². The highest BCUT2D eigenvalue weighted by Gasteiger charge is 2.22. The lowest BCUT2D eigenvalue weighted by atomic mass is 10.0. The van der Waals surface area contributed by atoms with E-state index in [9.17, 15) is 19.0 Å². The van der Waals surface area contributed by atoms with E-state index < -0.39 is 26.5 Å². The monoisotopic (exact) mass is 1160 g/mol.